The largest absolute Gasteiger partial charge is 0.439 e. The van der Waals surface area contributed by atoms with Crippen LogP contribution in [0.4, 0.5) is 0 Å². The lowest BCUT2D eigenvalue weighted by atomic mass is 9.87. The molecule has 3 aromatic rings. The molecule has 0 amide bonds. The molecule has 0 aliphatic heterocycles. The van der Waals surface area contributed by atoms with E-state index in [0.717, 1.165) is 18.4 Å². The van der Waals surface area contributed by atoms with E-state index in [4.69, 9.17) is 21.1 Å². The molecular weight excluding hydrogens is 400 g/mol. The average molecular weight is 419 g/mol. The van der Waals surface area contributed by atoms with Gasteiger partial charge >= 0.3 is 5.97 Å². The predicted molar refractivity (Wildman–Crippen MR) is 112 cm³/mol. The van der Waals surface area contributed by atoms with Crippen LogP contribution in [0.3, 0.4) is 0 Å². The summed E-state index contributed by atoms with van der Waals surface area (Å²) in [6, 6.07) is 21.8. The summed E-state index contributed by atoms with van der Waals surface area (Å²) in [7, 11) is 0. The Morgan fingerprint density at radius 1 is 1.10 bits per heavy atom. The summed E-state index contributed by atoms with van der Waals surface area (Å²) in [6.45, 7) is 1.28. The van der Waals surface area contributed by atoms with Crippen molar-refractivity contribution in [2.24, 2.45) is 0 Å². The molecule has 1 aromatic heterocycles. The van der Waals surface area contributed by atoms with Gasteiger partial charge in [-0.3, -0.25) is 4.79 Å². The van der Waals surface area contributed by atoms with E-state index in [1.807, 2.05) is 36.4 Å². The van der Waals surface area contributed by atoms with E-state index in [1.54, 1.807) is 30.3 Å². The fraction of sp³-hybridized carbons (Fsp3) is 0.208. The molecule has 0 N–H and O–H groups in total. The SMILES string of the molecule is CC(=O)OC(C#N)(c1ccc(Cl)cc1)c1nc(Oc2ccccc2)ccc1C1CC1. The Hall–Kier alpha value is -3.36. The number of benzene rings is 2. The molecule has 1 heterocycles. The Bertz CT molecular complexity index is 1110. The number of nitrogens with zero attached hydrogens (tertiary/aromatic N) is 2. The van der Waals surface area contributed by atoms with Crippen molar-refractivity contribution in [1.82, 2.24) is 4.98 Å². The number of pyridine rings is 1. The minimum Gasteiger partial charge on any atom is -0.439 e. The Morgan fingerprint density at radius 2 is 1.80 bits per heavy atom. The Morgan fingerprint density at radius 3 is 2.40 bits per heavy atom. The van der Waals surface area contributed by atoms with Gasteiger partial charge in [-0.1, -0.05) is 48.0 Å². The standard InChI is InChI=1S/C24H19ClN2O3/c1-16(28)30-24(15-26,18-9-11-19(25)12-10-18)23-21(17-7-8-17)13-14-22(27-23)29-20-5-3-2-4-6-20/h2-6,9-14,17H,7-8H2,1H3. The number of hydrogen-bond acceptors (Lipinski definition) is 5. The summed E-state index contributed by atoms with van der Waals surface area (Å²) in [6.07, 6.45) is 1.99. The molecule has 2 aromatic carbocycles. The van der Waals surface area contributed by atoms with Gasteiger partial charge in [-0.05, 0) is 48.6 Å². The highest BCUT2D eigenvalue weighted by Gasteiger charge is 2.44. The Labute approximate surface area is 179 Å². The molecule has 0 spiro atoms. The number of carbonyl (C=O) groups excluding carboxylic acids is 1. The number of hydrogen-bond donors (Lipinski definition) is 0. The molecule has 5 nitrogen and oxygen atoms in total. The number of aromatic nitrogens is 1. The first-order chi connectivity index (χ1) is 14.5. The summed E-state index contributed by atoms with van der Waals surface area (Å²) in [5, 5.41) is 10.8. The van der Waals surface area contributed by atoms with Gasteiger partial charge in [-0.15, -0.1) is 0 Å². The third-order valence-electron chi connectivity index (χ3n) is 4.92. The monoisotopic (exact) mass is 418 g/mol. The van der Waals surface area contributed by atoms with Crippen molar-refractivity contribution in [2.75, 3.05) is 0 Å². The van der Waals surface area contributed by atoms with Crippen molar-refractivity contribution in [2.45, 2.75) is 31.3 Å². The van der Waals surface area contributed by atoms with Gasteiger partial charge in [0.2, 0.25) is 5.88 Å². The Balaban J connectivity index is 1.88. The molecule has 1 unspecified atom stereocenters. The maximum Gasteiger partial charge on any atom is 0.304 e. The zero-order chi connectivity index (χ0) is 21.1. The highest BCUT2D eigenvalue weighted by molar-refractivity contribution is 6.30. The van der Waals surface area contributed by atoms with E-state index in [1.165, 1.54) is 6.92 Å². The van der Waals surface area contributed by atoms with Crippen LogP contribution in [-0.4, -0.2) is 11.0 Å². The molecule has 0 bridgehead atoms. The maximum absolute atomic E-state index is 12.0. The lowest BCUT2D eigenvalue weighted by molar-refractivity contribution is -0.149. The third kappa shape index (κ3) is 4.00. The van der Waals surface area contributed by atoms with Crippen molar-refractivity contribution in [1.29, 1.82) is 5.26 Å². The van der Waals surface area contributed by atoms with Crippen molar-refractivity contribution >= 4 is 17.6 Å². The quantitative estimate of drug-likeness (QED) is 0.477. The second kappa shape index (κ2) is 8.17. The minimum absolute atomic E-state index is 0.272. The second-order valence-corrected chi connectivity index (χ2v) is 7.61. The fourth-order valence-corrected chi connectivity index (χ4v) is 3.53. The van der Waals surface area contributed by atoms with Gasteiger partial charge in [0.1, 0.15) is 17.5 Å². The van der Waals surface area contributed by atoms with Crippen LogP contribution in [0.2, 0.25) is 5.02 Å². The summed E-state index contributed by atoms with van der Waals surface area (Å²) >= 11 is 6.04. The molecule has 150 valence electrons. The molecule has 30 heavy (non-hydrogen) atoms. The number of carbonyl (C=O) groups is 1. The van der Waals surface area contributed by atoms with Crippen molar-refractivity contribution in [3.63, 3.8) is 0 Å². The molecule has 0 radical (unpaired) electrons. The van der Waals surface area contributed by atoms with Crippen molar-refractivity contribution in [3.8, 4) is 17.7 Å². The minimum atomic E-state index is -1.70. The smallest absolute Gasteiger partial charge is 0.304 e. The lowest BCUT2D eigenvalue weighted by Gasteiger charge is -2.28. The predicted octanol–water partition coefficient (Wildman–Crippen LogP) is 5.73. The summed E-state index contributed by atoms with van der Waals surface area (Å²) in [5.74, 6) is 0.635. The van der Waals surface area contributed by atoms with Crippen LogP contribution in [0, 0.1) is 11.3 Å². The summed E-state index contributed by atoms with van der Waals surface area (Å²) in [4.78, 5) is 16.7. The van der Waals surface area contributed by atoms with Gasteiger partial charge in [0.15, 0.2) is 0 Å². The van der Waals surface area contributed by atoms with Gasteiger partial charge in [0.25, 0.3) is 5.60 Å². The van der Waals surface area contributed by atoms with Gasteiger partial charge in [-0.25, -0.2) is 4.98 Å². The molecule has 6 heteroatoms. The topological polar surface area (TPSA) is 72.2 Å². The average Bonchev–Trinajstić information content (AvgIpc) is 3.58. The molecule has 1 fully saturated rings. The maximum atomic E-state index is 12.0. The van der Waals surface area contributed by atoms with Gasteiger partial charge < -0.3 is 9.47 Å². The number of halogens is 1. The number of nitriles is 1. The van der Waals surface area contributed by atoms with Crippen molar-refractivity contribution in [3.05, 3.63) is 88.6 Å². The van der Waals surface area contributed by atoms with Crippen molar-refractivity contribution < 1.29 is 14.3 Å². The van der Waals surface area contributed by atoms with Crippen LogP contribution in [0.1, 0.15) is 42.5 Å². The third-order valence-corrected chi connectivity index (χ3v) is 5.17. The van der Waals surface area contributed by atoms with E-state index in [9.17, 15) is 10.1 Å². The van der Waals surface area contributed by atoms with Crippen LogP contribution >= 0.6 is 11.6 Å². The normalized spacial score (nSPS) is 15.0. The van der Waals surface area contributed by atoms with Crippen LogP contribution in [-0.2, 0) is 15.1 Å². The van der Waals surface area contributed by atoms with Crippen LogP contribution < -0.4 is 4.74 Å². The zero-order valence-corrected chi connectivity index (χ0v) is 17.1. The van der Waals surface area contributed by atoms with E-state index in [0.29, 0.717) is 27.9 Å². The highest BCUT2D eigenvalue weighted by atomic mass is 35.5. The molecule has 1 aliphatic rings. The highest BCUT2D eigenvalue weighted by Crippen LogP contribution is 2.46. The fourth-order valence-electron chi connectivity index (χ4n) is 3.41. The Kier molecular flexibility index (Phi) is 5.43. The van der Waals surface area contributed by atoms with Gasteiger partial charge in [-0.2, -0.15) is 5.26 Å². The second-order valence-electron chi connectivity index (χ2n) is 7.17. The first kappa shape index (κ1) is 19.9. The molecule has 1 saturated carbocycles. The molecule has 0 saturated heterocycles. The molecular formula is C24H19ClN2O3. The van der Waals surface area contributed by atoms with E-state index in [-0.39, 0.29) is 5.92 Å². The molecule has 1 atom stereocenters. The first-order valence-corrected chi connectivity index (χ1v) is 10.0. The van der Waals surface area contributed by atoms with E-state index < -0.39 is 11.6 Å². The summed E-state index contributed by atoms with van der Waals surface area (Å²) < 4.78 is 11.6. The number of para-hydroxylation sites is 1. The van der Waals surface area contributed by atoms with Gasteiger partial charge in [0.05, 0.1) is 0 Å². The number of ether oxygens (including phenoxy) is 2. The molecule has 1 aliphatic carbocycles. The molecule has 4 rings (SSSR count). The number of esters is 1. The van der Waals surface area contributed by atoms with E-state index in [2.05, 4.69) is 11.1 Å². The van der Waals surface area contributed by atoms with Crippen LogP contribution in [0.15, 0.2) is 66.7 Å². The number of rotatable bonds is 6. The van der Waals surface area contributed by atoms with Gasteiger partial charge in [0, 0.05) is 23.6 Å². The zero-order valence-electron chi connectivity index (χ0n) is 16.3. The van der Waals surface area contributed by atoms with Crippen LogP contribution in [0.25, 0.3) is 0 Å². The van der Waals surface area contributed by atoms with Crippen LogP contribution in [0.5, 0.6) is 11.6 Å². The summed E-state index contributed by atoms with van der Waals surface area (Å²) in [5.41, 5.74) is 0.0344. The van der Waals surface area contributed by atoms with E-state index >= 15 is 0 Å². The first-order valence-electron chi connectivity index (χ1n) is 9.63. The lowest BCUT2D eigenvalue weighted by Crippen LogP contribution is -2.34.